The Morgan fingerprint density at radius 3 is 2.67 bits per heavy atom. The van der Waals surface area contributed by atoms with Crippen LogP contribution in [0.15, 0.2) is 60.9 Å². The third-order valence-corrected chi connectivity index (χ3v) is 5.17. The van der Waals surface area contributed by atoms with E-state index in [1.165, 1.54) is 24.5 Å². The second-order valence-corrected chi connectivity index (χ2v) is 7.38. The quantitative estimate of drug-likeness (QED) is 0.415. The van der Waals surface area contributed by atoms with Crippen molar-refractivity contribution in [3.05, 3.63) is 89.5 Å². The number of amides is 1. The smallest absolute Gasteiger partial charge is 0.274 e. The number of carbonyl (C=O) groups is 1. The van der Waals surface area contributed by atoms with Gasteiger partial charge >= 0.3 is 0 Å². The fraction of sp³-hybridized carbons (Fsp3) is 0.200. The van der Waals surface area contributed by atoms with E-state index >= 15 is 0 Å². The molecule has 0 fully saturated rings. The molecule has 7 nitrogen and oxygen atoms in total. The maximum Gasteiger partial charge on any atom is 0.274 e. The van der Waals surface area contributed by atoms with E-state index in [0.29, 0.717) is 23.6 Å². The number of nitrogens with zero attached hydrogens (tertiary/aromatic N) is 5. The molecular weight excluding hydrogens is 419 g/mol. The molecular formula is C25H25FN6O. The topological polar surface area (TPSA) is 77.1 Å². The molecule has 0 saturated carbocycles. The van der Waals surface area contributed by atoms with E-state index in [1.54, 1.807) is 4.40 Å². The Hall–Kier alpha value is -4.07. The lowest BCUT2D eigenvalue weighted by Gasteiger charge is -2.08. The molecule has 0 unspecified atom stereocenters. The lowest BCUT2D eigenvalue weighted by Crippen LogP contribution is -2.14. The van der Waals surface area contributed by atoms with Crippen molar-refractivity contribution in [1.29, 1.82) is 0 Å². The summed E-state index contributed by atoms with van der Waals surface area (Å²) in [6, 6.07) is 14.2. The molecule has 168 valence electrons. The highest BCUT2D eigenvalue weighted by atomic mass is 19.1. The number of nitrogens with one attached hydrogen (secondary N) is 1. The molecule has 5 rings (SSSR count). The van der Waals surface area contributed by atoms with Crippen molar-refractivity contribution in [1.82, 2.24) is 24.1 Å². The average molecular weight is 445 g/mol. The Kier molecular flexibility index (Phi) is 6.17. The van der Waals surface area contributed by atoms with Gasteiger partial charge < -0.3 is 5.32 Å². The number of rotatable bonds is 4. The first-order chi connectivity index (χ1) is 16.0. The molecule has 0 aliphatic heterocycles. The standard InChI is InChI=1S/C23H19FN6O.C2H6/c1-14-5-3-6-17(26-14)13-30-19-8-4-7-18(22(19)15(2)28-30)27-23(31)20-12-25-21-11-16(24)9-10-29(20)21;1-2/h3-12H,13H2,1-2H3,(H,27,31);1-2H3. The SMILES string of the molecule is CC.Cc1cccc(Cn2nc(C)c3c(NC(=O)c4cnc5cc(F)ccn45)cccc32)n1. The number of fused-ring (bicyclic) bond motifs is 2. The van der Waals surface area contributed by atoms with Gasteiger partial charge in [0.15, 0.2) is 0 Å². The summed E-state index contributed by atoms with van der Waals surface area (Å²) in [7, 11) is 0. The van der Waals surface area contributed by atoms with Crippen LogP contribution in [0.4, 0.5) is 10.1 Å². The number of aromatic nitrogens is 5. The highest BCUT2D eigenvalue weighted by Gasteiger charge is 2.17. The van der Waals surface area contributed by atoms with E-state index in [0.717, 1.165) is 28.0 Å². The van der Waals surface area contributed by atoms with Gasteiger partial charge in [-0.2, -0.15) is 5.10 Å². The van der Waals surface area contributed by atoms with E-state index < -0.39 is 5.82 Å². The number of carbonyl (C=O) groups excluding carboxylic acids is 1. The number of aryl methyl sites for hydroxylation is 2. The first-order valence-corrected chi connectivity index (χ1v) is 10.8. The van der Waals surface area contributed by atoms with Gasteiger partial charge in [0.2, 0.25) is 0 Å². The van der Waals surface area contributed by atoms with Crippen molar-refractivity contribution in [3.8, 4) is 0 Å². The summed E-state index contributed by atoms with van der Waals surface area (Å²) in [5.41, 5.74) is 4.92. The summed E-state index contributed by atoms with van der Waals surface area (Å²) in [5.74, 6) is -0.736. The number of halogens is 1. The van der Waals surface area contributed by atoms with E-state index in [9.17, 15) is 9.18 Å². The highest BCUT2D eigenvalue weighted by Crippen LogP contribution is 2.27. The van der Waals surface area contributed by atoms with Crippen LogP contribution in [0.25, 0.3) is 16.6 Å². The van der Waals surface area contributed by atoms with Gasteiger partial charge in [-0.15, -0.1) is 0 Å². The van der Waals surface area contributed by atoms with Crippen LogP contribution < -0.4 is 5.32 Å². The maximum atomic E-state index is 13.4. The van der Waals surface area contributed by atoms with Gasteiger partial charge in [-0.3, -0.25) is 18.9 Å². The number of benzene rings is 1. The molecule has 0 aliphatic rings. The molecule has 0 radical (unpaired) electrons. The zero-order valence-corrected chi connectivity index (χ0v) is 19.0. The fourth-order valence-corrected chi connectivity index (χ4v) is 3.80. The molecule has 8 heteroatoms. The normalized spacial score (nSPS) is 10.8. The minimum atomic E-state index is -0.402. The molecule has 0 bridgehead atoms. The van der Waals surface area contributed by atoms with E-state index in [2.05, 4.69) is 20.4 Å². The first-order valence-electron chi connectivity index (χ1n) is 10.8. The largest absolute Gasteiger partial charge is 0.320 e. The van der Waals surface area contributed by atoms with Crippen LogP contribution >= 0.6 is 0 Å². The zero-order valence-electron chi connectivity index (χ0n) is 19.0. The van der Waals surface area contributed by atoms with E-state index in [4.69, 9.17) is 0 Å². The minimum Gasteiger partial charge on any atom is -0.320 e. The van der Waals surface area contributed by atoms with Gasteiger partial charge in [-0.1, -0.05) is 26.0 Å². The zero-order chi connectivity index (χ0) is 23.5. The summed E-state index contributed by atoms with van der Waals surface area (Å²) in [6.45, 7) is 8.40. The van der Waals surface area contributed by atoms with Crippen LogP contribution in [0, 0.1) is 19.7 Å². The van der Waals surface area contributed by atoms with Crippen molar-refractivity contribution < 1.29 is 9.18 Å². The monoisotopic (exact) mass is 444 g/mol. The number of imidazole rings is 1. The number of pyridine rings is 2. The minimum absolute atomic E-state index is 0.320. The van der Waals surface area contributed by atoms with Crippen LogP contribution in [0.2, 0.25) is 0 Å². The van der Waals surface area contributed by atoms with Gasteiger partial charge in [-0.25, -0.2) is 9.37 Å². The molecule has 1 amide bonds. The lowest BCUT2D eigenvalue weighted by molar-refractivity contribution is 0.102. The van der Waals surface area contributed by atoms with Crippen LogP contribution in [-0.2, 0) is 6.54 Å². The summed E-state index contributed by atoms with van der Waals surface area (Å²) in [4.78, 5) is 21.6. The van der Waals surface area contributed by atoms with Crippen LogP contribution in [0.1, 0.15) is 41.4 Å². The van der Waals surface area contributed by atoms with Gasteiger partial charge in [0.1, 0.15) is 17.2 Å². The highest BCUT2D eigenvalue weighted by molar-refractivity contribution is 6.08. The predicted octanol–water partition coefficient (Wildman–Crippen LogP) is 5.16. The second kappa shape index (κ2) is 9.20. The number of hydrogen-bond acceptors (Lipinski definition) is 4. The molecule has 0 atom stereocenters. The summed E-state index contributed by atoms with van der Waals surface area (Å²) >= 11 is 0. The lowest BCUT2D eigenvalue weighted by atomic mass is 10.1. The van der Waals surface area contributed by atoms with Crippen molar-refractivity contribution in [3.63, 3.8) is 0 Å². The van der Waals surface area contributed by atoms with Crippen molar-refractivity contribution in [2.24, 2.45) is 0 Å². The van der Waals surface area contributed by atoms with Gasteiger partial charge in [0.25, 0.3) is 5.91 Å². The number of hydrogen-bond donors (Lipinski definition) is 1. The second-order valence-electron chi connectivity index (χ2n) is 7.38. The van der Waals surface area contributed by atoms with Gasteiger partial charge in [0.05, 0.1) is 35.3 Å². The van der Waals surface area contributed by atoms with Crippen LogP contribution in [0.3, 0.4) is 0 Å². The Morgan fingerprint density at radius 2 is 1.88 bits per heavy atom. The third-order valence-electron chi connectivity index (χ3n) is 5.17. The van der Waals surface area contributed by atoms with Gasteiger partial charge in [-0.05, 0) is 44.2 Å². The summed E-state index contributed by atoms with van der Waals surface area (Å²) in [5, 5.41) is 8.49. The summed E-state index contributed by atoms with van der Waals surface area (Å²) < 4.78 is 16.9. The Morgan fingerprint density at radius 1 is 1.09 bits per heavy atom. The van der Waals surface area contributed by atoms with Crippen molar-refractivity contribution in [2.75, 3.05) is 5.32 Å². The molecule has 4 heterocycles. The number of anilines is 1. The molecule has 4 aromatic heterocycles. The molecule has 1 aromatic carbocycles. The van der Waals surface area contributed by atoms with Crippen LogP contribution in [0.5, 0.6) is 0 Å². The Bertz CT molecular complexity index is 1450. The van der Waals surface area contributed by atoms with Crippen molar-refractivity contribution >= 4 is 28.1 Å². The van der Waals surface area contributed by atoms with E-state index in [-0.39, 0.29) is 5.91 Å². The third kappa shape index (κ3) is 4.32. The average Bonchev–Trinajstić information content (AvgIpc) is 3.36. The predicted molar refractivity (Wildman–Crippen MR) is 127 cm³/mol. The fourth-order valence-electron chi connectivity index (χ4n) is 3.80. The van der Waals surface area contributed by atoms with E-state index in [1.807, 2.05) is 68.8 Å². The van der Waals surface area contributed by atoms with Gasteiger partial charge in [0, 0.05) is 23.3 Å². The molecule has 0 saturated heterocycles. The molecule has 5 aromatic rings. The molecule has 0 spiro atoms. The summed E-state index contributed by atoms with van der Waals surface area (Å²) in [6.07, 6.45) is 2.93. The molecule has 0 aliphatic carbocycles. The maximum absolute atomic E-state index is 13.4. The Labute approximate surface area is 190 Å². The van der Waals surface area contributed by atoms with Crippen molar-refractivity contribution in [2.45, 2.75) is 34.2 Å². The first kappa shape index (κ1) is 22.1. The molecule has 33 heavy (non-hydrogen) atoms. The molecule has 1 N–H and O–H groups in total. The van der Waals surface area contributed by atoms with Crippen LogP contribution in [-0.4, -0.2) is 30.1 Å². The Balaban J connectivity index is 0.00000126.